The van der Waals surface area contributed by atoms with Gasteiger partial charge in [-0.3, -0.25) is 4.79 Å². The van der Waals surface area contributed by atoms with Crippen LogP contribution in [0.2, 0.25) is 0 Å². The molecule has 0 radical (unpaired) electrons. The number of hydrogen-bond acceptors (Lipinski definition) is 6. The van der Waals surface area contributed by atoms with E-state index in [1.54, 1.807) is 14.2 Å². The molecular weight excluding hydrogens is 412 g/mol. The van der Waals surface area contributed by atoms with Gasteiger partial charge in [-0.1, -0.05) is 38.6 Å². The maximum absolute atomic E-state index is 12.5. The quantitative estimate of drug-likeness (QED) is 0.696. The minimum Gasteiger partial charge on any atom is -0.493 e. The van der Waals surface area contributed by atoms with E-state index in [4.69, 9.17) is 9.47 Å². The highest BCUT2D eigenvalue weighted by atomic mass is 32.2. The number of carbonyl (C=O) groups excluding carboxylic acids is 1. The molecule has 1 aromatic rings. The van der Waals surface area contributed by atoms with E-state index in [0.717, 1.165) is 5.56 Å². The van der Waals surface area contributed by atoms with Crippen LogP contribution in [0.4, 0.5) is 0 Å². The third-order valence-electron chi connectivity index (χ3n) is 4.88. The van der Waals surface area contributed by atoms with E-state index in [9.17, 15) is 13.2 Å². The van der Waals surface area contributed by atoms with Gasteiger partial charge in [-0.25, -0.2) is 8.42 Å². The number of thioether (sulfide) groups is 1. The molecule has 0 spiro atoms. The van der Waals surface area contributed by atoms with Crippen molar-refractivity contribution in [2.75, 3.05) is 25.7 Å². The fourth-order valence-corrected chi connectivity index (χ4v) is 7.56. The molecule has 9 heteroatoms. The summed E-state index contributed by atoms with van der Waals surface area (Å²) in [6.45, 7) is 6.44. The third-order valence-corrected chi connectivity index (χ3v) is 8.13. The Morgan fingerprint density at radius 1 is 1.21 bits per heavy atom. The smallest absolute Gasteiger partial charge is 0.248 e. The van der Waals surface area contributed by atoms with Gasteiger partial charge >= 0.3 is 0 Å². The van der Waals surface area contributed by atoms with Crippen LogP contribution in [-0.4, -0.2) is 61.4 Å². The Kier molecular flexibility index (Phi) is 6.19. The van der Waals surface area contributed by atoms with E-state index in [-0.39, 0.29) is 34.1 Å². The normalized spacial score (nSPS) is 24.6. The average molecular weight is 441 g/mol. The van der Waals surface area contributed by atoms with Gasteiger partial charge in [-0.05, 0) is 23.1 Å². The van der Waals surface area contributed by atoms with E-state index in [2.05, 4.69) is 4.99 Å². The molecule has 2 atom stereocenters. The molecule has 160 valence electrons. The highest BCUT2D eigenvalue weighted by molar-refractivity contribution is 8.15. The molecule has 1 aromatic carbocycles. The second-order valence-electron chi connectivity index (χ2n) is 8.64. The van der Waals surface area contributed by atoms with Crippen LogP contribution in [0.1, 0.15) is 32.8 Å². The lowest BCUT2D eigenvalue weighted by Gasteiger charge is -2.25. The predicted molar refractivity (Wildman–Crippen MR) is 115 cm³/mol. The molecule has 2 saturated heterocycles. The summed E-state index contributed by atoms with van der Waals surface area (Å²) >= 11 is 1.40. The third kappa shape index (κ3) is 5.25. The first-order valence-electron chi connectivity index (χ1n) is 9.47. The number of benzene rings is 1. The Morgan fingerprint density at radius 2 is 1.90 bits per heavy atom. The monoisotopic (exact) mass is 440 g/mol. The van der Waals surface area contributed by atoms with Gasteiger partial charge in [0.15, 0.2) is 26.5 Å². The Hall–Kier alpha value is -1.74. The van der Waals surface area contributed by atoms with Crippen LogP contribution >= 0.6 is 11.8 Å². The van der Waals surface area contributed by atoms with Crippen molar-refractivity contribution in [2.45, 2.75) is 45.0 Å². The predicted octanol–water partition coefficient (Wildman–Crippen LogP) is 2.74. The molecule has 2 heterocycles. The van der Waals surface area contributed by atoms with Gasteiger partial charge in [-0.15, -0.1) is 0 Å². The Balaban J connectivity index is 1.89. The highest BCUT2D eigenvalue weighted by Gasteiger charge is 2.48. The number of sulfone groups is 1. The molecule has 1 amide bonds. The van der Waals surface area contributed by atoms with Crippen molar-refractivity contribution in [3.05, 3.63) is 23.8 Å². The lowest BCUT2D eigenvalue weighted by atomic mass is 9.92. The molecule has 0 N–H and O–H groups in total. The molecule has 0 aromatic heterocycles. The molecule has 0 aliphatic carbocycles. The summed E-state index contributed by atoms with van der Waals surface area (Å²) in [6.07, 6.45) is 0.342. The van der Waals surface area contributed by atoms with E-state index in [1.165, 1.54) is 11.8 Å². The highest BCUT2D eigenvalue weighted by Crippen LogP contribution is 2.40. The average Bonchev–Trinajstić information content (AvgIpc) is 3.05. The van der Waals surface area contributed by atoms with E-state index in [1.807, 2.05) is 43.9 Å². The number of fused-ring (bicyclic) bond motifs is 1. The first kappa shape index (κ1) is 22.0. The van der Waals surface area contributed by atoms with Crippen LogP contribution in [0.3, 0.4) is 0 Å². The summed E-state index contributed by atoms with van der Waals surface area (Å²) in [7, 11) is 0.0699. The minimum atomic E-state index is -3.08. The largest absolute Gasteiger partial charge is 0.493 e. The number of hydrogen-bond donors (Lipinski definition) is 0. The first-order chi connectivity index (χ1) is 13.5. The maximum atomic E-state index is 12.5. The number of carbonyl (C=O) groups is 1. The first-order valence-corrected chi connectivity index (χ1v) is 12.2. The number of amides is 1. The SMILES string of the molecule is COc1ccc(CN2C(=NC(=O)CC(C)(C)C)S[C@H]3CS(=O)(=O)C[C@H]32)cc1OC. The van der Waals surface area contributed by atoms with Crippen molar-refractivity contribution < 1.29 is 22.7 Å². The molecule has 0 saturated carbocycles. The number of methoxy groups -OCH3 is 2. The van der Waals surface area contributed by atoms with Gasteiger partial charge < -0.3 is 14.4 Å². The minimum absolute atomic E-state index is 0.0877. The Morgan fingerprint density at radius 3 is 2.52 bits per heavy atom. The molecule has 7 nitrogen and oxygen atoms in total. The zero-order valence-electron chi connectivity index (χ0n) is 17.5. The van der Waals surface area contributed by atoms with Crippen molar-refractivity contribution in [1.82, 2.24) is 4.90 Å². The number of ether oxygens (including phenoxy) is 2. The van der Waals surface area contributed by atoms with Gasteiger partial charge in [0.25, 0.3) is 0 Å². The standard InChI is InChI=1S/C20H28N2O5S2/c1-20(2,3)9-18(23)21-19-22(14-11-29(24,25)12-17(14)28-19)10-13-6-7-15(26-4)16(8-13)27-5/h6-8,14,17H,9-12H2,1-5H3/t14-,17+/m1/s1. The number of aliphatic imine (C=N–C) groups is 1. The van der Waals surface area contributed by atoms with Gasteiger partial charge in [0.1, 0.15) is 0 Å². The van der Waals surface area contributed by atoms with Gasteiger partial charge in [0, 0.05) is 18.2 Å². The number of amidine groups is 1. The van der Waals surface area contributed by atoms with E-state index in [0.29, 0.717) is 29.6 Å². The number of rotatable bonds is 5. The van der Waals surface area contributed by atoms with Crippen molar-refractivity contribution in [2.24, 2.45) is 10.4 Å². The van der Waals surface area contributed by atoms with Crippen molar-refractivity contribution in [3.63, 3.8) is 0 Å². The fraction of sp³-hybridized carbons (Fsp3) is 0.600. The van der Waals surface area contributed by atoms with Crippen LogP contribution in [-0.2, 0) is 21.2 Å². The Labute approximate surface area is 176 Å². The van der Waals surface area contributed by atoms with Gasteiger partial charge in [0.2, 0.25) is 5.91 Å². The second kappa shape index (κ2) is 8.18. The topological polar surface area (TPSA) is 85.3 Å². The van der Waals surface area contributed by atoms with E-state index >= 15 is 0 Å². The summed E-state index contributed by atoms with van der Waals surface area (Å²) in [5.74, 6) is 1.26. The lowest BCUT2D eigenvalue weighted by molar-refractivity contribution is -0.119. The van der Waals surface area contributed by atoms with Crippen LogP contribution in [0.25, 0.3) is 0 Å². The van der Waals surface area contributed by atoms with Crippen LogP contribution in [0.5, 0.6) is 11.5 Å². The second-order valence-corrected chi connectivity index (χ2v) is 12.0. The Bertz CT molecular complexity index is 921. The van der Waals surface area contributed by atoms with Crippen LogP contribution in [0.15, 0.2) is 23.2 Å². The summed E-state index contributed by atoms with van der Waals surface area (Å²) < 4.78 is 35.0. The molecule has 0 bridgehead atoms. The van der Waals surface area contributed by atoms with Crippen LogP contribution in [0, 0.1) is 5.41 Å². The molecule has 3 rings (SSSR count). The summed E-state index contributed by atoms with van der Waals surface area (Å²) in [5, 5.41) is 0.514. The lowest BCUT2D eigenvalue weighted by Crippen LogP contribution is -2.37. The molecule has 0 unspecified atom stereocenters. The zero-order chi connectivity index (χ0) is 21.4. The van der Waals surface area contributed by atoms with Crippen LogP contribution < -0.4 is 9.47 Å². The summed E-state index contributed by atoms with van der Waals surface area (Å²) in [4.78, 5) is 18.8. The molecule has 2 fully saturated rings. The molecular formula is C20H28N2O5S2. The van der Waals surface area contributed by atoms with Gasteiger partial charge in [-0.2, -0.15) is 4.99 Å². The van der Waals surface area contributed by atoms with Gasteiger partial charge in [0.05, 0.1) is 31.8 Å². The number of nitrogens with zero attached hydrogens (tertiary/aromatic N) is 2. The van der Waals surface area contributed by atoms with E-state index < -0.39 is 9.84 Å². The summed E-state index contributed by atoms with van der Waals surface area (Å²) in [6, 6.07) is 5.42. The zero-order valence-corrected chi connectivity index (χ0v) is 19.1. The fourth-order valence-electron chi connectivity index (χ4n) is 3.60. The van der Waals surface area contributed by atoms with Crippen molar-refractivity contribution in [1.29, 1.82) is 0 Å². The molecule has 2 aliphatic rings. The van der Waals surface area contributed by atoms with Crippen molar-refractivity contribution in [3.8, 4) is 11.5 Å². The molecule has 29 heavy (non-hydrogen) atoms. The summed E-state index contributed by atoms with van der Waals surface area (Å²) in [5.41, 5.74) is 0.779. The molecule has 2 aliphatic heterocycles. The van der Waals surface area contributed by atoms with Crippen molar-refractivity contribution >= 4 is 32.7 Å². The maximum Gasteiger partial charge on any atom is 0.248 e.